The Bertz CT molecular complexity index is 652. The molecular weight excluding hydrogens is 331 g/mol. The molecule has 3 aliphatic rings. The van der Waals surface area contributed by atoms with E-state index in [0.717, 1.165) is 57.4 Å². The zero-order valence-corrected chi connectivity index (χ0v) is 15.5. The molecule has 4 rings (SSSR count). The van der Waals surface area contributed by atoms with Crippen molar-refractivity contribution in [3.63, 3.8) is 0 Å². The maximum atomic E-state index is 13.1. The highest BCUT2D eigenvalue weighted by molar-refractivity contribution is 5.78. The number of ether oxygens (including phenoxy) is 1. The Labute approximate surface area is 155 Å². The molecule has 1 saturated carbocycles. The normalized spacial score (nSPS) is 30.1. The standard InChI is InChI=1S/C20H29FN4O/c1-20(8-13-26-18(20)15-2-3-15)14-23-19(22)25-11-9-24(10-12-25)17-6-4-16(21)5-7-17/h4-7,15,18H,2-3,8-14H2,1H3,(H2,22,23). The zero-order chi connectivity index (χ0) is 18.1. The van der Waals surface area contributed by atoms with Gasteiger partial charge in [-0.25, -0.2) is 4.39 Å². The van der Waals surface area contributed by atoms with E-state index < -0.39 is 0 Å². The smallest absolute Gasteiger partial charge is 0.191 e. The minimum absolute atomic E-state index is 0.127. The highest BCUT2D eigenvalue weighted by Gasteiger charge is 2.48. The third-order valence-corrected chi connectivity index (χ3v) is 6.11. The van der Waals surface area contributed by atoms with E-state index in [0.29, 0.717) is 12.1 Å². The molecule has 26 heavy (non-hydrogen) atoms. The molecule has 0 bridgehead atoms. The summed E-state index contributed by atoms with van der Waals surface area (Å²) in [5.74, 6) is 1.18. The second-order valence-electron chi connectivity index (χ2n) is 8.16. The number of benzene rings is 1. The van der Waals surface area contributed by atoms with Crippen LogP contribution in [0.4, 0.5) is 10.1 Å². The number of hydrogen-bond acceptors (Lipinski definition) is 3. The zero-order valence-electron chi connectivity index (χ0n) is 15.5. The summed E-state index contributed by atoms with van der Waals surface area (Å²) in [4.78, 5) is 9.16. The summed E-state index contributed by atoms with van der Waals surface area (Å²) in [6, 6.07) is 6.69. The summed E-state index contributed by atoms with van der Waals surface area (Å²) in [5, 5.41) is 0. The molecule has 0 aromatic heterocycles. The monoisotopic (exact) mass is 360 g/mol. The lowest BCUT2D eigenvalue weighted by molar-refractivity contribution is 0.0424. The van der Waals surface area contributed by atoms with Crippen LogP contribution in [0.5, 0.6) is 0 Å². The largest absolute Gasteiger partial charge is 0.377 e. The molecule has 0 amide bonds. The van der Waals surface area contributed by atoms with Crippen molar-refractivity contribution in [1.82, 2.24) is 4.90 Å². The molecule has 1 aromatic carbocycles. The Morgan fingerprint density at radius 3 is 2.58 bits per heavy atom. The number of aliphatic imine (C=N–C) groups is 1. The first-order chi connectivity index (χ1) is 12.5. The van der Waals surface area contributed by atoms with Crippen molar-refractivity contribution >= 4 is 11.6 Å². The molecule has 6 heteroatoms. The van der Waals surface area contributed by atoms with Gasteiger partial charge in [0.15, 0.2) is 5.96 Å². The average Bonchev–Trinajstić information content (AvgIpc) is 3.43. The molecule has 2 atom stereocenters. The highest BCUT2D eigenvalue weighted by atomic mass is 19.1. The topological polar surface area (TPSA) is 54.1 Å². The van der Waals surface area contributed by atoms with E-state index in [1.54, 1.807) is 0 Å². The third kappa shape index (κ3) is 3.65. The van der Waals surface area contributed by atoms with Crippen LogP contribution in [0.2, 0.25) is 0 Å². The van der Waals surface area contributed by atoms with Gasteiger partial charge in [-0.1, -0.05) is 6.92 Å². The van der Waals surface area contributed by atoms with Crippen LogP contribution in [0.15, 0.2) is 29.3 Å². The minimum Gasteiger partial charge on any atom is -0.377 e. The van der Waals surface area contributed by atoms with Gasteiger partial charge in [-0.05, 0) is 49.4 Å². The van der Waals surface area contributed by atoms with Crippen molar-refractivity contribution in [2.45, 2.75) is 32.3 Å². The molecule has 0 radical (unpaired) electrons. The van der Waals surface area contributed by atoms with E-state index >= 15 is 0 Å². The van der Waals surface area contributed by atoms with Crippen molar-refractivity contribution in [2.75, 3.05) is 44.2 Å². The summed E-state index contributed by atoms with van der Waals surface area (Å²) in [6.07, 6.45) is 4.02. The average molecular weight is 360 g/mol. The third-order valence-electron chi connectivity index (χ3n) is 6.11. The molecule has 142 valence electrons. The summed E-state index contributed by atoms with van der Waals surface area (Å²) >= 11 is 0. The van der Waals surface area contributed by atoms with E-state index in [2.05, 4.69) is 16.7 Å². The van der Waals surface area contributed by atoms with Gasteiger partial charge in [-0.15, -0.1) is 0 Å². The van der Waals surface area contributed by atoms with E-state index in [-0.39, 0.29) is 11.2 Å². The molecule has 2 heterocycles. The van der Waals surface area contributed by atoms with E-state index in [1.165, 1.54) is 25.0 Å². The van der Waals surface area contributed by atoms with Crippen LogP contribution >= 0.6 is 0 Å². The number of anilines is 1. The number of halogens is 1. The van der Waals surface area contributed by atoms with Gasteiger partial charge in [-0.2, -0.15) is 0 Å². The van der Waals surface area contributed by atoms with Crippen LogP contribution < -0.4 is 10.6 Å². The van der Waals surface area contributed by atoms with Gasteiger partial charge < -0.3 is 20.3 Å². The fourth-order valence-corrected chi connectivity index (χ4v) is 4.24. The highest BCUT2D eigenvalue weighted by Crippen LogP contribution is 2.47. The number of piperazine rings is 1. The molecule has 5 nitrogen and oxygen atoms in total. The van der Waals surface area contributed by atoms with Crippen molar-refractivity contribution in [1.29, 1.82) is 0 Å². The molecule has 3 fully saturated rings. The SMILES string of the molecule is CC1(CN=C(N)N2CCN(c3ccc(F)cc3)CC2)CCOC1C1CC1. The Morgan fingerprint density at radius 1 is 1.23 bits per heavy atom. The first kappa shape index (κ1) is 17.6. The van der Waals surface area contributed by atoms with Crippen LogP contribution in [-0.4, -0.2) is 56.3 Å². The summed E-state index contributed by atoms with van der Waals surface area (Å²) in [5.41, 5.74) is 7.48. The maximum absolute atomic E-state index is 13.1. The fraction of sp³-hybridized carbons (Fsp3) is 0.650. The van der Waals surface area contributed by atoms with Gasteiger partial charge in [-0.3, -0.25) is 4.99 Å². The van der Waals surface area contributed by atoms with Crippen molar-refractivity contribution < 1.29 is 9.13 Å². The fourth-order valence-electron chi connectivity index (χ4n) is 4.24. The Balaban J connectivity index is 1.32. The Hall–Kier alpha value is -1.82. The first-order valence-corrected chi connectivity index (χ1v) is 9.72. The van der Waals surface area contributed by atoms with E-state index in [1.807, 2.05) is 12.1 Å². The van der Waals surface area contributed by atoms with Gasteiger partial charge in [0.2, 0.25) is 0 Å². The lowest BCUT2D eigenvalue weighted by atomic mass is 9.81. The van der Waals surface area contributed by atoms with Crippen LogP contribution in [0, 0.1) is 17.2 Å². The van der Waals surface area contributed by atoms with Crippen molar-refractivity contribution in [2.24, 2.45) is 22.1 Å². The predicted octanol–water partition coefficient (Wildman–Crippen LogP) is 2.47. The molecule has 1 aliphatic carbocycles. The van der Waals surface area contributed by atoms with E-state index in [4.69, 9.17) is 15.5 Å². The second-order valence-corrected chi connectivity index (χ2v) is 8.16. The van der Waals surface area contributed by atoms with Crippen LogP contribution in [-0.2, 0) is 4.74 Å². The molecular formula is C20H29FN4O. The molecule has 1 aromatic rings. The number of guanidine groups is 1. The Morgan fingerprint density at radius 2 is 1.92 bits per heavy atom. The number of hydrogen-bond donors (Lipinski definition) is 1. The molecule has 2 saturated heterocycles. The first-order valence-electron chi connectivity index (χ1n) is 9.72. The van der Waals surface area contributed by atoms with Gasteiger partial charge in [0, 0.05) is 43.9 Å². The maximum Gasteiger partial charge on any atom is 0.191 e. The van der Waals surface area contributed by atoms with Gasteiger partial charge >= 0.3 is 0 Å². The van der Waals surface area contributed by atoms with Crippen LogP contribution in [0.25, 0.3) is 0 Å². The van der Waals surface area contributed by atoms with Gasteiger partial charge in [0.05, 0.1) is 12.6 Å². The molecule has 2 aliphatic heterocycles. The summed E-state index contributed by atoms with van der Waals surface area (Å²) in [6.45, 7) is 7.31. The van der Waals surface area contributed by atoms with Gasteiger partial charge in [0.25, 0.3) is 0 Å². The quantitative estimate of drug-likeness (QED) is 0.662. The molecule has 2 N–H and O–H groups in total. The predicted molar refractivity (Wildman–Crippen MR) is 102 cm³/mol. The molecule has 2 unspecified atom stereocenters. The Kier molecular flexibility index (Phi) is 4.78. The lowest BCUT2D eigenvalue weighted by Gasteiger charge is -2.37. The van der Waals surface area contributed by atoms with Crippen LogP contribution in [0.1, 0.15) is 26.2 Å². The summed E-state index contributed by atoms with van der Waals surface area (Å²) < 4.78 is 19.1. The van der Waals surface area contributed by atoms with Crippen molar-refractivity contribution in [3.8, 4) is 0 Å². The summed E-state index contributed by atoms with van der Waals surface area (Å²) in [7, 11) is 0. The number of nitrogens with zero attached hydrogens (tertiary/aromatic N) is 3. The van der Waals surface area contributed by atoms with E-state index in [9.17, 15) is 4.39 Å². The van der Waals surface area contributed by atoms with Crippen molar-refractivity contribution in [3.05, 3.63) is 30.1 Å². The number of nitrogens with two attached hydrogens (primary N) is 1. The second kappa shape index (κ2) is 7.06. The minimum atomic E-state index is -0.197. The number of rotatable bonds is 4. The van der Waals surface area contributed by atoms with Gasteiger partial charge in [0.1, 0.15) is 5.82 Å². The van der Waals surface area contributed by atoms with Crippen LogP contribution in [0.3, 0.4) is 0 Å². The lowest BCUT2D eigenvalue weighted by Crippen LogP contribution is -2.51. The molecule has 0 spiro atoms.